The van der Waals surface area contributed by atoms with Crippen LogP contribution in [0.4, 0.5) is 0 Å². The molecule has 116 valence electrons. The second-order valence-corrected chi connectivity index (χ2v) is 10.2. The van der Waals surface area contributed by atoms with Crippen molar-refractivity contribution in [3.05, 3.63) is 0 Å². The summed E-state index contributed by atoms with van der Waals surface area (Å²) < 4.78 is 0. The monoisotopic (exact) mass is 285 g/mol. The highest BCUT2D eigenvalue weighted by Crippen LogP contribution is 2.54. The van der Waals surface area contributed by atoms with Crippen LogP contribution in [-0.2, 0) is 0 Å². The van der Waals surface area contributed by atoms with E-state index in [-0.39, 0.29) is 0 Å². The zero-order valence-corrected chi connectivity index (χ0v) is 13.6. The Hall–Kier alpha value is 0.0249. The molecule has 2 N–H and O–H groups in total. The second kappa shape index (κ2) is 4.76. The molecule has 2 heteroatoms. The summed E-state index contributed by atoms with van der Waals surface area (Å²) in [6, 6.07) is 0. The van der Waals surface area contributed by atoms with Crippen LogP contribution >= 0.6 is 0 Å². The maximum Gasteiger partial charge on any atom is 0.140 e. The minimum absolute atomic E-state index is 0.300. The Kier molecular flexibility index (Phi) is 3.05. The third-order valence-electron chi connectivity index (χ3n) is 8.09. The van der Waals surface area contributed by atoms with Gasteiger partial charge in [-0.2, -0.15) is 0 Å². The SMILES string of the molecule is C1B2CC3CC1CC(C2)C3.NC12CC3CC(CC(C3)C1)C2. The number of hydrogen-bond acceptors (Lipinski definition) is 1. The second-order valence-electron chi connectivity index (χ2n) is 10.2. The zero-order valence-electron chi connectivity index (χ0n) is 13.6. The van der Waals surface area contributed by atoms with Gasteiger partial charge in [-0.25, -0.2) is 0 Å². The van der Waals surface area contributed by atoms with Gasteiger partial charge >= 0.3 is 0 Å². The minimum atomic E-state index is 0.300. The highest BCUT2D eigenvalue weighted by Gasteiger charge is 2.48. The van der Waals surface area contributed by atoms with Gasteiger partial charge in [0, 0.05) is 5.54 Å². The molecule has 21 heavy (non-hydrogen) atoms. The summed E-state index contributed by atoms with van der Waals surface area (Å²) in [6.07, 6.45) is 18.2. The van der Waals surface area contributed by atoms with Gasteiger partial charge in [0.2, 0.25) is 0 Å². The molecule has 1 nitrogen and oxygen atoms in total. The largest absolute Gasteiger partial charge is 0.325 e. The topological polar surface area (TPSA) is 26.0 Å². The van der Waals surface area contributed by atoms with Gasteiger partial charge in [-0.1, -0.05) is 19.0 Å². The van der Waals surface area contributed by atoms with Crippen LogP contribution in [0, 0.1) is 35.5 Å². The Labute approximate surface area is 130 Å². The maximum atomic E-state index is 6.32. The van der Waals surface area contributed by atoms with Crippen molar-refractivity contribution in [2.45, 2.75) is 82.3 Å². The van der Waals surface area contributed by atoms with Crippen LogP contribution in [0.2, 0.25) is 19.0 Å². The first-order chi connectivity index (χ1) is 10.1. The molecule has 8 rings (SSSR count). The molecular formula is C19H32BN. The highest BCUT2D eigenvalue weighted by molar-refractivity contribution is 6.59. The molecule has 5 saturated carbocycles. The van der Waals surface area contributed by atoms with Gasteiger partial charge in [0.25, 0.3) is 0 Å². The summed E-state index contributed by atoms with van der Waals surface area (Å²) in [5.74, 6) is 6.59. The molecule has 0 atom stereocenters. The first-order valence-corrected chi connectivity index (χ1v) is 9.92. The Morgan fingerprint density at radius 1 is 0.571 bits per heavy atom. The van der Waals surface area contributed by atoms with E-state index in [9.17, 15) is 0 Å². The van der Waals surface area contributed by atoms with Crippen molar-refractivity contribution in [2.24, 2.45) is 41.2 Å². The van der Waals surface area contributed by atoms with Crippen LogP contribution in [0.25, 0.3) is 0 Å². The van der Waals surface area contributed by atoms with Crippen molar-refractivity contribution >= 4 is 6.71 Å². The van der Waals surface area contributed by atoms with E-state index in [0.717, 1.165) is 17.8 Å². The summed E-state index contributed by atoms with van der Waals surface area (Å²) >= 11 is 0. The van der Waals surface area contributed by atoms with Gasteiger partial charge in [0.1, 0.15) is 6.71 Å². The molecule has 0 aromatic heterocycles. The molecule has 0 aromatic rings. The summed E-state index contributed by atoms with van der Waals surface area (Å²) in [4.78, 5) is 0. The summed E-state index contributed by atoms with van der Waals surface area (Å²) in [5, 5.41) is 0. The molecule has 0 aromatic carbocycles. The minimum Gasteiger partial charge on any atom is -0.325 e. The molecule has 0 unspecified atom stereocenters. The van der Waals surface area contributed by atoms with E-state index in [2.05, 4.69) is 0 Å². The maximum absolute atomic E-state index is 6.32. The molecule has 3 saturated heterocycles. The average Bonchev–Trinajstić information content (AvgIpc) is 2.34. The first kappa shape index (κ1) is 13.5. The lowest BCUT2D eigenvalue weighted by molar-refractivity contribution is 0.000365. The van der Waals surface area contributed by atoms with Crippen molar-refractivity contribution in [1.82, 2.24) is 0 Å². The third kappa shape index (κ3) is 2.50. The lowest BCUT2D eigenvalue weighted by Gasteiger charge is -2.55. The van der Waals surface area contributed by atoms with E-state index in [0.29, 0.717) is 5.54 Å². The van der Waals surface area contributed by atoms with Crippen molar-refractivity contribution in [3.63, 3.8) is 0 Å². The lowest BCUT2D eigenvalue weighted by Crippen LogP contribution is -2.55. The Morgan fingerprint density at radius 3 is 1.19 bits per heavy atom. The van der Waals surface area contributed by atoms with Gasteiger partial charge in [0.15, 0.2) is 0 Å². The van der Waals surface area contributed by atoms with Crippen molar-refractivity contribution in [2.75, 3.05) is 0 Å². The standard InChI is InChI=1S/C10H17N.C9H15B/c11-10-4-7-1-8(5-10)3-9(2-7)6-10;1-7-2-9-3-8(1)5-10(4-7)6-9/h7-9H,1-6,11H2;7-9H,1-6H2. The zero-order chi connectivity index (χ0) is 14.0. The molecule has 8 aliphatic rings. The average molecular weight is 285 g/mol. The van der Waals surface area contributed by atoms with Crippen LogP contribution in [0.5, 0.6) is 0 Å². The smallest absolute Gasteiger partial charge is 0.140 e. The lowest BCUT2D eigenvalue weighted by atomic mass is 9.28. The molecule has 3 aliphatic heterocycles. The molecule has 0 amide bonds. The molecule has 3 heterocycles. The Bertz CT molecular complexity index is 326. The fourth-order valence-corrected chi connectivity index (χ4v) is 8.16. The molecule has 8 bridgehead atoms. The molecule has 8 fully saturated rings. The van der Waals surface area contributed by atoms with Crippen molar-refractivity contribution in [1.29, 1.82) is 0 Å². The van der Waals surface area contributed by atoms with Crippen molar-refractivity contribution in [3.8, 4) is 0 Å². The molecule has 5 aliphatic carbocycles. The summed E-state index contributed by atoms with van der Waals surface area (Å²) in [5.41, 5.74) is 6.62. The number of rotatable bonds is 0. The van der Waals surface area contributed by atoms with Crippen LogP contribution in [0.3, 0.4) is 0 Å². The Balaban J connectivity index is 0.0000000996. The fourth-order valence-electron chi connectivity index (χ4n) is 8.16. The van der Waals surface area contributed by atoms with Gasteiger partial charge in [0.05, 0.1) is 0 Å². The normalized spacial score (nSPS) is 55.6. The van der Waals surface area contributed by atoms with Gasteiger partial charge < -0.3 is 5.73 Å². The quantitative estimate of drug-likeness (QED) is 0.654. The van der Waals surface area contributed by atoms with E-state index in [1.807, 2.05) is 0 Å². The summed E-state index contributed by atoms with van der Waals surface area (Å²) in [7, 11) is 0. The Morgan fingerprint density at radius 2 is 0.905 bits per heavy atom. The molecular weight excluding hydrogens is 253 g/mol. The highest BCUT2D eigenvalue weighted by atomic mass is 14.8. The van der Waals surface area contributed by atoms with E-state index in [4.69, 9.17) is 5.73 Å². The van der Waals surface area contributed by atoms with Gasteiger partial charge in [-0.05, 0) is 93.3 Å². The van der Waals surface area contributed by atoms with Crippen LogP contribution in [-0.4, -0.2) is 12.3 Å². The first-order valence-electron chi connectivity index (χ1n) is 9.92. The number of nitrogens with two attached hydrogens (primary N) is 1. The molecule has 0 radical (unpaired) electrons. The summed E-state index contributed by atoms with van der Waals surface area (Å²) in [6.45, 7) is 1.18. The van der Waals surface area contributed by atoms with Crippen LogP contribution < -0.4 is 5.73 Å². The van der Waals surface area contributed by atoms with E-state index in [1.165, 1.54) is 63.0 Å². The van der Waals surface area contributed by atoms with Crippen LogP contribution in [0.1, 0.15) is 57.8 Å². The predicted octanol–water partition coefficient (Wildman–Crippen LogP) is 4.45. The predicted molar refractivity (Wildman–Crippen MR) is 89.6 cm³/mol. The van der Waals surface area contributed by atoms with Gasteiger partial charge in [-0.15, -0.1) is 0 Å². The van der Waals surface area contributed by atoms with E-state index < -0.39 is 0 Å². The van der Waals surface area contributed by atoms with Crippen molar-refractivity contribution < 1.29 is 0 Å². The fraction of sp³-hybridized carbons (Fsp3) is 1.00. The number of hydrogen-bond donors (Lipinski definition) is 1. The van der Waals surface area contributed by atoms with E-state index in [1.54, 1.807) is 38.2 Å². The van der Waals surface area contributed by atoms with Gasteiger partial charge in [-0.3, -0.25) is 0 Å². The van der Waals surface area contributed by atoms with E-state index >= 15 is 0 Å². The third-order valence-corrected chi connectivity index (χ3v) is 8.09. The van der Waals surface area contributed by atoms with Crippen LogP contribution in [0.15, 0.2) is 0 Å². The molecule has 0 spiro atoms.